The minimum Gasteiger partial charge on any atom is -0.356 e. The third-order valence-electron chi connectivity index (χ3n) is 4.80. The Morgan fingerprint density at radius 1 is 0.967 bits per heavy atom. The zero-order chi connectivity index (χ0) is 20.6. The standard InChI is InChI=1S/C22H25FN4O2.HI/c1-24-22(26-13-11-16-7-6-8-17(23)15-16)25-12-4-5-14-27-20(28)18-9-2-3-10-19(18)21(27)29;/h2-3,6-10,15H,4-5,11-14H2,1H3,(H2,24,25,26);1H. The Morgan fingerprint density at radius 3 is 2.27 bits per heavy atom. The molecule has 2 aromatic carbocycles. The smallest absolute Gasteiger partial charge is 0.261 e. The normalized spacial score (nSPS) is 13.1. The number of halogens is 2. The van der Waals surface area contributed by atoms with Crippen LogP contribution in [0.15, 0.2) is 53.5 Å². The summed E-state index contributed by atoms with van der Waals surface area (Å²) in [6.07, 6.45) is 2.19. The number of nitrogens with zero attached hydrogens (tertiary/aromatic N) is 2. The number of hydrogen-bond donors (Lipinski definition) is 2. The predicted octanol–water partition coefficient (Wildman–Crippen LogP) is 3.23. The number of amides is 2. The SMILES string of the molecule is CN=C(NCCCCN1C(=O)c2ccccc2C1=O)NCCc1cccc(F)c1.I. The molecule has 0 fully saturated rings. The molecule has 160 valence electrons. The maximum Gasteiger partial charge on any atom is 0.261 e. The molecule has 8 heteroatoms. The molecule has 0 saturated carbocycles. The summed E-state index contributed by atoms with van der Waals surface area (Å²) in [4.78, 5) is 30.1. The predicted molar refractivity (Wildman–Crippen MR) is 126 cm³/mol. The van der Waals surface area contributed by atoms with Crippen molar-refractivity contribution in [2.75, 3.05) is 26.7 Å². The summed E-state index contributed by atoms with van der Waals surface area (Å²) >= 11 is 0. The highest BCUT2D eigenvalue weighted by Gasteiger charge is 2.34. The Labute approximate surface area is 193 Å². The van der Waals surface area contributed by atoms with E-state index in [2.05, 4.69) is 15.6 Å². The van der Waals surface area contributed by atoms with Crippen molar-refractivity contribution >= 4 is 41.8 Å². The van der Waals surface area contributed by atoms with Gasteiger partial charge >= 0.3 is 0 Å². The number of carbonyl (C=O) groups excluding carboxylic acids is 2. The lowest BCUT2D eigenvalue weighted by Crippen LogP contribution is -2.39. The molecule has 0 aliphatic carbocycles. The van der Waals surface area contributed by atoms with Crippen LogP contribution in [0.4, 0.5) is 4.39 Å². The highest BCUT2D eigenvalue weighted by Crippen LogP contribution is 2.22. The van der Waals surface area contributed by atoms with Gasteiger partial charge in [0.2, 0.25) is 0 Å². The fraction of sp³-hybridized carbons (Fsp3) is 0.318. The molecule has 0 unspecified atom stereocenters. The van der Waals surface area contributed by atoms with Gasteiger partial charge in [-0.1, -0.05) is 24.3 Å². The average molecular weight is 524 g/mol. The third-order valence-corrected chi connectivity index (χ3v) is 4.80. The number of hydrogen-bond acceptors (Lipinski definition) is 3. The molecule has 0 atom stereocenters. The zero-order valence-electron chi connectivity index (χ0n) is 16.9. The van der Waals surface area contributed by atoms with Gasteiger partial charge in [0.05, 0.1) is 11.1 Å². The summed E-state index contributed by atoms with van der Waals surface area (Å²) in [5.74, 6) is 0.00645. The topological polar surface area (TPSA) is 73.8 Å². The van der Waals surface area contributed by atoms with Crippen molar-refractivity contribution in [3.63, 3.8) is 0 Å². The molecule has 0 radical (unpaired) electrons. The Hall–Kier alpha value is -2.49. The number of fused-ring (bicyclic) bond motifs is 1. The molecule has 2 aromatic rings. The summed E-state index contributed by atoms with van der Waals surface area (Å²) in [7, 11) is 1.69. The number of imide groups is 1. The van der Waals surface area contributed by atoms with Crippen LogP contribution >= 0.6 is 24.0 Å². The minimum atomic E-state index is -0.233. The first kappa shape index (κ1) is 23.8. The maximum atomic E-state index is 13.2. The molecular weight excluding hydrogens is 498 g/mol. The number of benzene rings is 2. The number of carbonyl (C=O) groups is 2. The van der Waals surface area contributed by atoms with E-state index < -0.39 is 0 Å². The monoisotopic (exact) mass is 524 g/mol. The van der Waals surface area contributed by atoms with Crippen molar-refractivity contribution < 1.29 is 14.0 Å². The quantitative estimate of drug-likeness (QED) is 0.183. The van der Waals surface area contributed by atoms with Gasteiger partial charge in [0, 0.05) is 26.7 Å². The molecule has 1 aliphatic heterocycles. The van der Waals surface area contributed by atoms with E-state index in [1.165, 1.54) is 17.0 Å². The largest absolute Gasteiger partial charge is 0.356 e. The van der Waals surface area contributed by atoms with Crippen LogP contribution in [0.25, 0.3) is 0 Å². The molecule has 0 bridgehead atoms. The maximum absolute atomic E-state index is 13.2. The van der Waals surface area contributed by atoms with E-state index >= 15 is 0 Å². The van der Waals surface area contributed by atoms with Gasteiger partial charge in [0.1, 0.15) is 5.82 Å². The highest BCUT2D eigenvalue weighted by atomic mass is 127. The molecule has 2 N–H and O–H groups in total. The van der Waals surface area contributed by atoms with Crippen LogP contribution < -0.4 is 10.6 Å². The molecule has 30 heavy (non-hydrogen) atoms. The highest BCUT2D eigenvalue weighted by molar-refractivity contribution is 14.0. The van der Waals surface area contributed by atoms with E-state index in [1.807, 2.05) is 6.07 Å². The van der Waals surface area contributed by atoms with E-state index in [4.69, 9.17) is 0 Å². The van der Waals surface area contributed by atoms with Gasteiger partial charge in [0.25, 0.3) is 11.8 Å². The average Bonchev–Trinajstić information content (AvgIpc) is 2.97. The van der Waals surface area contributed by atoms with Gasteiger partial charge in [-0.15, -0.1) is 24.0 Å². The van der Waals surface area contributed by atoms with Crippen molar-refractivity contribution in [3.8, 4) is 0 Å². The first-order chi connectivity index (χ1) is 14.1. The molecule has 0 saturated heterocycles. The summed E-state index contributed by atoms with van der Waals surface area (Å²) < 4.78 is 13.2. The fourth-order valence-electron chi connectivity index (χ4n) is 3.28. The Kier molecular flexibility index (Phi) is 9.22. The van der Waals surface area contributed by atoms with Crippen LogP contribution in [0.3, 0.4) is 0 Å². The number of aliphatic imine (C=N–C) groups is 1. The molecular formula is C22H26FIN4O2. The lowest BCUT2D eigenvalue weighted by molar-refractivity contribution is 0.0652. The van der Waals surface area contributed by atoms with Crippen LogP contribution in [0.1, 0.15) is 39.1 Å². The second kappa shape index (κ2) is 11.6. The molecule has 1 aliphatic rings. The molecule has 0 spiro atoms. The Bertz CT molecular complexity index is 885. The lowest BCUT2D eigenvalue weighted by atomic mass is 10.1. The van der Waals surface area contributed by atoms with E-state index in [9.17, 15) is 14.0 Å². The van der Waals surface area contributed by atoms with Gasteiger partial charge in [-0.2, -0.15) is 0 Å². The first-order valence-electron chi connectivity index (χ1n) is 9.74. The molecule has 3 rings (SSSR count). The van der Waals surface area contributed by atoms with Gasteiger partial charge in [-0.25, -0.2) is 4.39 Å². The minimum absolute atomic E-state index is 0. The van der Waals surface area contributed by atoms with Crippen LogP contribution in [-0.2, 0) is 6.42 Å². The van der Waals surface area contributed by atoms with Gasteiger partial charge < -0.3 is 10.6 Å². The third kappa shape index (κ3) is 6.01. The zero-order valence-corrected chi connectivity index (χ0v) is 19.2. The number of nitrogens with one attached hydrogen (secondary N) is 2. The summed E-state index contributed by atoms with van der Waals surface area (Å²) in [5, 5.41) is 6.40. The van der Waals surface area contributed by atoms with Crippen molar-refractivity contribution in [1.29, 1.82) is 0 Å². The second-order valence-corrected chi connectivity index (χ2v) is 6.82. The Balaban J connectivity index is 0.00000320. The van der Waals surface area contributed by atoms with E-state index in [0.29, 0.717) is 49.6 Å². The number of rotatable bonds is 8. The van der Waals surface area contributed by atoms with Crippen LogP contribution in [0, 0.1) is 5.82 Å². The van der Waals surface area contributed by atoms with Crippen molar-refractivity contribution in [2.45, 2.75) is 19.3 Å². The molecule has 2 amide bonds. The van der Waals surface area contributed by atoms with E-state index in [-0.39, 0.29) is 41.6 Å². The number of unbranched alkanes of at least 4 members (excludes halogenated alkanes) is 1. The Morgan fingerprint density at radius 2 is 1.63 bits per heavy atom. The van der Waals surface area contributed by atoms with Crippen molar-refractivity contribution in [1.82, 2.24) is 15.5 Å². The van der Waals surface area contributed by atoms with E-state index in [0.717, 1.165) is 12.0 Å². The summed E-state index contributed by atoms with van der Waals surface area (Å²) in [6.45, 7) is 1.71. The van der Waals surface area contributed by atoms with Gasteiger partial charge in [0.15, 0.2) is 5.96 Å². The van der Waals surface area contributed by atoms with Crippen LogP contribution in [0.2, 0.25) is 0 Å². The van der Waals surface area contributed by atoms with Crippen molar-refractivity contribution in [3.05, 3.63) is 71.0 Å². The lowest BCUT2D eigenvalue weighted by Gasteiger charge is -2.15. The summed E-state index contributed by atoms with van der Waals surface area (Å²) in [5.41, 5.74) is 1.89. The van der Waals surface area contributed by atoms with E-state index in [1.54, 1.807) is 37.4 Å². The molecule has 1 heterocycles. The number of guanidine groups is 1. The fourth-order valence-corrected chi connectivity index (χ4v) is 3.28. The second-order valence-electron chi connectivity index (χ2n) is 6.82. The van der Waals surface area contributed by atoms with Crippen LogP contribution in [0.5, 0.6) is 0 Å². The van der Waals surface area contributed by atoms with Gasteiger partial charge in [-0.3, -0.25) is 19.5 Å². The van der Waals surface area contributed by atoms with Gasteiger partial charge in [-0.05, 0) is 49.1 Å². The van der Waals surface area contributed by atoms with Crippen LogP contribution in [-0.4, -0.2) is 49.4 Å². The molecule has 0 aromatic heterocycles. The molecule has 6 nitrogen and oxygen atoms in total. The van der Waals surface area contributed by atoms with Crippen molar-refractivity contribution in [2.24, 2.45) is 4.99 Å². The first-order valence-corrected chi connectivity index (χ1v) is 9.74. The summed E-state index contributed by atoms with van der Waals surface area (Å²) in [6, 6.07) is 13.5.